The van der Waals surface area contributed by atoms with Crippen molar-refractivity contribution in [2.75, 3.05) is 31.1 Å². The molecule has 1 aliphatic rings. The van der Waals surface area contributed by atoms with Gasteiger partial charge in [-0.25, -0.2) is 9.98 Å². The highest BCUT2D eigenvalue weighted by molar-refractivity contribution is 5.79. The Kier molecular flexibility index (Phi) is 6.31. The number of hydrogen-bond donors (Lipinski definition) is 2. The van der Waals surface area contributed by atoms with Crippen LogP contribution in [0, 0.1) is 0 Å². The number of nitrogens with one attached hydrogen (secondary N) is 2. The van der Waals surface area contributed by atoms with Gasteiger partial charge in [0.1, 0.15) is 5.82 Å². The average molecular weight is 340 g/mol. The number of rotatable bonds is 7. The Bertz CT molecular complexity index is 641. The molecule has 2 aromatic rings. The highest BCUT2D eigenvalue weighted by Crippen LogP contribution is 2.17. The van der Waals surface area contributed by atoms with E-state index in [9.17, 15) is 0 Å². The number of nitrogens with zero attached hydrogens (tertiary/aromatic N) is 4. The standard InChI is InChI=1S/C19H28N6/c1-2-20-19(21-9-14-24-10-3-4-11-24)23-16-17-7-8-18(22-15-17)25-12-5-6-13-25/h3-4,7-8,10-11,15H,2,5-6,9,12-14,16H2,1H3,(H2,20,21,23). The van der Waals surface area contributed by atoms with Crippen molar-refractivity contribution in [1.29, 1.82) is 0 Å². The molecule has 0 bridgehead atoms. The Labute approximate surface area is 150 Å². The molecule has 0 aromatic carbocycles. The summed E-state index contributed by atoms with van der Waals surface area (Å²) in [6.07, 6.45) is 8.63. The molecule has 1 fully saturated rings. The van der Waals surface area contributed by atoms with Crippen LogP contribution in [0.4, 0.5) is 5.82 Å². The Morgan fingerprint density at radius 3 is 2.64 bits per heavy atom. The van der Waals surface area contributed by atoms with Crippen LogP contribution < -0.4 is 15.5 Å². The topological polar surface area (TPSA) is 57.5 Å². The van der Waals surface area contributed by atoms with Crippen molar-refractivity contribution < 1.29 is 0 Å². The minimum atomic E-state index is 0.631. The van der Waals surface area contributed by atoms with Gasteiger partial charge in [0.15, 0.2) is 5.96 Å². The molecule has 1 saturated heterocycles. The summed E-state index contributed by atoms with van der Waals surface area (Å²) in [5, 5.41) is 6.66. The first-order valence-corrected chi connectivity index (χ1v) is 9.18. The molecule has 1 aliphatic heterocycles. The molecule has 3 heterocycles. The van der Waals surface area contributed by atoms with Crippen LogP contribution in [0.1, 0.15) is 25.3 Å². The molecule has 2 N–H and O–H groups in total. The Hall–Kier alpha value is -2.50. The molecular weight excluding hydrogens is 312 g/mol. The number of aliphatic imine (C=N–C) groups is 1. The third kappa shape index (κ3) is 5.24. The van der Waals surface area contributed by atoms with E-state index in [0.717, 1.165) is 50.1 Å². The predicted octanol–water partition coefficient (Wildman–Crippen LogP) is 2.24. The lowest BCUT2D eigenvalue weighted by Crippen LogP contribution is -2.38. The van der Waals surface area contributed by atoms with E-state index in [-0.39, 0.29) is 0 Å². The molecule has 0 atom stereocenters. The zero-order valence-electron chi connectivity index (χ0n) is 15.0. The molecule has 2 aromatic heterocycles. The molecule has 3 rings (SSSR count). The van der Waals surface area contributed by atoms with Gasteiger partial charge in [0.2, 0.25) is 0 Å². The molecule has 0 aliphatic carbocycles. The number of pyridine rings is 1. The van der Waals surface area contributed by atoms with Crippen molar-refractivity contribution >= 4 is 11.8 Å². The van der Waals surface area contributed by atoms with Crippen LogP contribution in [0.3, 0.4) is 0 Å². The van der Waals surface area contributed by atoms with Crippen molar-refractivity contribution in [3.05, 3.63) is 48.4 Å². The van der Waals surface area contributed by atoms with E-state index in [4.69, 9.17) is 0 Å². The SMILES string of the molecule is CCNC(=NCc1ccc(N2CCCC2)nc1)NCCn1cccc1. The van der Waals surface area contributed by atoms with E-state index in [2.05, 4.69) is 61.5 Å². The summed E-state index contributed by atoms with van der Waals surface area (Å²) >= 11 is 0. The van der Waals surface area contributed by atoms with Gasteiger partial charge < -0.3 is 20.1 Å². The smallest absolute Gasteiger partial charge is 0.191 e. The number of aromatic nitrogens is 2. The quantitative estimate of drug-likeness (QED) is 0.599. The van der Waals surface area contributed by atoms with Gasteiger partial charge in [0.25, 0.3) is 0 Å². The highest BCUT2D eigenvalue weighted by Gasteiger charge is 2.12. The van der Waals surface area contributed by atoms with Crippen LogP contribution in [0.2, 0.25) is 0 Å². The van der Waals surface area contributed by atoms with Crippen molar-refractivity contribution in [1.82, 2.24) is 20.2 Å². The second-order valence-electron chi connectivity index (χ2n) is 6.26. The fraction of sp³-hybridized carbons (Fsp3) is 0.474. The molecule has 6 nitrogen and oxygen atoms in total. The Morgan fingerprint density at radius 1 is 1.16 bits per heavy atom. The lowest BCUT2D eigenvalue weighted by Gasteiger charge is -2.16. The van der Waals surface area contributed by atoms with E-state index in [0.29, 0.717) is 6.54 Å². The average Bonchev–Trinajstić information content (AvgIpc) is 3.34. The van der Waals surface area contributed by atoms with Crippen molar-refractivity contribution in [3.63, 3.8) is 0 Å². The summed E-state index contributed by atoms with van der Waals surface area (Å²) in [7, 11) is 0. The van der Waals surface area contributed by atoms with Gasteiger partial charge in [0, 0.05) is 51.3 Å². The van der Waals surface area contributed by atoms with Crippen LogP contribution in [0.15, 0.2) is 47.8 Å². The summed E-state index contributed by atoms with van der Waals surface area (Å²) in [6, 6.07) is 8.33. The summed E-state index contributed by atoms with van der Waals surface area (Å²) in [6.45, 7) is 7.57. The minimum absolute atomic E-state index is 0.631. The third-order valence-corrected chi connectivity index (χ3v) is 4.33. The highest BCUT2D eigenvalue weighted by atomic mass is 15.2. The Balaban J connectivity index is 1.51. The molecule has 0 radical (unpaired) electrons. The van der Waals surface area contributed by atoms with Gasteiger partial charge in [-0.05, 0) is 43.5 Å². The molecule has 0 saturated carbocycles. The molecule has 134 valence electrons. The van der Waals surface area contributed by atoms with Gasteiger partial charge >= 0.3 is 0 Å². The number of hydrogen-bond acceptors (Lipinski definition) is 3. The Morgan fingerprint density at radius 2 is 1.96 bits per heavy atom. The maximum absolute atomic E-state index is 4.66. The first-order chi connectivity index (χ1) is 12.3. The van der Waals surface area contributed by atoms with Gasteiger partial charge in [-0.1, -0.05) is 6.07 Å². The summed E-state index contributed by atoms with van der Waals surface area (Å²) in [4.78, 5) is 11.6. The molecule has 6 heteroatoms. The van der Waals surface area contributed by atoms with Crippen LogP contribution in [0.5, 0.6) is 0 Å². The normalized spacial score (nSPS) is 14.8. The van der Waals surface area contributed by atoms with Gasteiger partial charge in [0.05, 0.1) is 6.54 Å². The lowest BCUT2D eigenvalue weighted by molar-refractivity contribution is 0.665. The summed E-state index contributed by atoms with van der Waals surface area (Å²) in [5.74, 6) is 1.93. The van der Waals surface area contributed by atoms with E-state index in [1.807, 2.05) is 18.3 Å². The first kappa shape index (κ1) is 17.3. The van der Waals surface area contributed by atoms with Crippen molar-refractivity contribution in [2.45, 2.75) is 32.9 Å². The maximum atomic E-state index is 4.66. The third-order valence-electron chi connectivity index (χ3n) is 4.33. The fourth-order valence-electron chi connectivity index (χ4n) is 2.98. The van der Waals surface area contributed by atoms with E-state index >= 15 is 0 Å². The molecule has 0 amide bonds. The van der Waals surface area contributed by atoms with Crippen LogP contribution >= 0.6 is 0 Å². The summed E-state index contributed by atoms with van der Waals surface area (Å²) in [5.41, 5.74) is 1.13. The van der Waals surface area contributed by atoms with Gasteiger partial charge in [-0.15, -0.1) is 0 Å². The van der Waals surface area contributed by atoms with Gasteiger partial charge in [-0.2, -0.15) is 0 Å². The maximum Gasteiger partial charge on any atom is 0.191 e. The molecule has 25 heavy (non-hydrogen) atoms. The van der Waals surface area contributed by atoms with E-state index in [1.54, 1.807) is 0 Å². The first-order valence-electron chi connectivity index (χ1n) is 9.18. The number of anilines is 1. The van der Waals surface area contributed by atoms with Crippen molar-refractivity contribution in [3.8, 4) is 0 Å². The van der Waals surface area contributed by atoms with Crippen LogP contribution in [-0.4, -0.2) is 41.7 Å². The van der Waals surface area contributed by atoms with Crippen LogP contribution in [-0.2, 0) is 13.1 Å². The molecule has 0 unspecified atom stereocenters. The minimum Gasteiger partial charge on any atom is -0.357 e. The zero-order valence-corrected chi connectivity index (χ0v) is 15.0. The molecular formula is C19H28N6. The zero-order chi connectivity index (χ0) is 17.3. The van der Waals surface area contributed by atoms with E-state index in [1.165, 1.54) is 12.8 Å². The lowest BCUT2D eigenvalue weighted by atomic mass is 10.3. The monoisotopic (exact) mass is 340 g/mol. The predicted molar refractivity (Wildman–Crippen MR) is 103 cm³/mol. The largest absolute Gasteiger partial charge is 0.357 e. The van der Waals surface area contributed by atoms with Crippen LogP contribution in [0.25, 0.3) is 0 Å². The molecule has 0 spiro atoms. The van der Waals surface area contributed by atoms with E-state index < -0.39 is 0 Å². The summed E-state index contributed by atoms with van der Waals surface area (Å²) < 4.78 is 2.15. The van der Waals surface area contributed by atoms with Crippen molar-refractivity contribution in [2.24, 2.45) is 4.99 Å². The second-order valence-corrected chi connectivity index (χ2v) is 6.26. The van der Waals surface area contributed by atoms with Gasteiger partial charge in [-0.3, -0.25) is 0 Å². The number of guanidine groups is 1. The second kappa shape index (κ2) is 9.11. The fourth-order valence-corrected chi connectivity index (χ4v) is 2.98.